The number of halogens is 4. The lowest BCUT2D eigenvalue weighted by Gasteiger charge is -2.24. The van der Waals surface area contributed by atoms with Crippen LogP contribution in [0.4, 0.5) is 35.0 Å². The summed E-state index contributed by atoms with van der Waals surface area (Å²) in [7, 11) is 0. The number of benzene rings is 3. The summed E-state index contributed by atoms with van der Waals surface area (Å²) in [5.74, 6) is 0.355. The van der Waals surface area contributed by atoms with Gasteiger partial charge >= 0.3 is 6.18 Å². The topological polar surface area (TPSA) is 70.1 Å². The number of hydrogen-bond acceptors (Lipinski definition) is 5. The van der Waals surface area contributed by atoms with E-state index in [-0.39, 0.29) is 17.8 Å². The van der Waals surface area contributed by atoms with Crippen LogP contribution in [-0.4, -0.2) is 21.2 Å². The number of alkyl halides is 3. The monoisotopic (exact) mass is 522 g/mol. The van der Waals surface area contributed by atoms with Gasteiger partial charge in [0.15, 0.2) is 0 Å². The highest BCUT2D eigenvalue weighted by Gasteiger charge is 2.30. The van der Waals surface area contributed by atoms with Crippen molar-refractivity contribution in [2.75, 3.05) is 10.6 Å². The molecule has 0 saturated carbocycles. The Morgan fingerprint density at radius 2 is 1.71 bits per heavy atom. The van der Waals surface area contributed by atoms with E-state index in [1.54, 1.807) is 18.2 Å². The largest absolute Gasteiger partial charge is 0.416 e. The zero-order valence-electron chi connectivity index (χ0n) is 20.6. The van der Waals surface area contributed by atoms with Gasteiger partial charge in [-0.05, 0) is 66.8 Å². The molecule has 0 fully saturated rings. The van der Waals surface area contributed by atoms with Crippen LogP contribution in [0.15, 0.2) is 72.8 Å². The molecular weight excluding hydrogens is 496 g/mol. The van der Waals surface area contributed by atoms with Crippen LogP contribution in [0, 0.1) is 5.82 Å². The van der Waals surface area contributed by atoms with E-state index in [0.717, 1.165) is 40.9 Å². The number of nitrogens with zero attached hydrogens (tertiary/aromatic N) is 2. The number of aliphatic hydroxyl groups is 1. The third-order valence-electron chi connectivity index (χ3n) is 6.67. The molecule has 0 unspecified atom stereocenters. The summed E-state index contributed by atoms with van der Waals surface area (Å²) in [5, 5.41) is 16.8. The van der Waals surface area contributed by atoms with E-state index >= 15 is 0 Å². The lowest BCUT2D eigenvalue weighted by Crippen LogP contribution is -2.19. The van der Waals surface area contributed by atoms with Crippen molar-refractivity contribution in [2.45, 2.75) is 44.5 Å². The van der Waals surface area contributed by atoms with Gasteiger partial charge in [-0.25, -0.2) is 9.37 Å². The summed E-state index contributed by atoms with van der Waals surface area (Å²) in [6.07, 6.45) is -2.87. The highest BCUT2D eigenvalue weighted by atomic mass is 19.4. The fraction of sp³-hybridized carbons (Fsp3) is 0.241. The maximum absolute atomic E-state index is 13.4. The van der Waals surface area contributed by atoms with Crippen LogP contribution in [0.2, 0.25) is 0 Å². The Morgan fingerprint density at radius 3 is 2.42 bits per heavy atom. The van der Waals surface area contributed by atoms with Crippen LogP contribution in [0.3, 0.4) is 0 Å². The number of rotatable bonds is 6. The minimum atomic E-state index is -4.44. The van der Waals surface area contributed by atoms with Gasteiger partial charge in [0.2, 0.25) is 5.95 Å². The summed E-state index contributed by atoms with van der Waals surface area (Å²) < 4.78 is 52.7. The molecule has 3 N–H and O–H groups in total. The van der Waals surface area contributed by atoms with Crippen LogP contribution in [0.1, 0.15) is 41.6 Å². The van der Waals surface area contributed by atoms with E-state index in [2.05, 4.69) is 20.6 Å². The molecule has 1 aliphatic carbocycles. The molecule has 0 aliphatic heterocycles. The zero-order chi connectivity index (χ0) is 26.9. The van der Waals surface area contributed by atoms with Gasteiger partial charge in [0.05, 0.1) is 23.4 Å². The number of aliphatic hydroxyl groups excluding tert-OH is 1. The minimum Gasteiger partial charge on any atom is -0.393 e. The number of aromatic nitrogens is 2. The predicted octanol–water partition coefficient (Wildman–Crippen LogP) is 7.07. The molecule has 1 aromatic heterocycles. The average molecular weight is 523 g/mol. The van der Waals surface area contributed by atoms with Crippen molar-refractivity contribution in [3.8, 4) is 11.3 Å². The van der Waals surface area contributed by atoms with E-state index < -0.39 is 17.8 Å². The van der Waals surface area contributed by atoms with Crippen LogP contribution in [-0.2, 0) is 19.0 Å². The second-order valence-corrected chi connectivity index (χ2v) is 9.42. The van der Waals surface area contributed by atoms with Crippen molar-refractivity contribution in [3.05, 3.63) is 101 Å². The number of fused-ring (bicyclic) bond motifs is 1. The molecule has 0 amide bonds. The first-order valence-electron chi connectivity index (χ1n) is 12.3. The SMILES string of the molecule is C[C@H](Nc1nc(Nc2cccc3c2C[C@@H](O)CC3)cc(-c2ccc(C(F)(F)F)cc2)n1)c1ccc(F)cc1. The van der Waals surface area contributed by atoms with Crippen molar-refractivity contribution in [1.82, 2.24) is 9.97 Å². The van der Waals surface area contributed by atoms with Crippen molar-refractivity contribution in [2.24, 2.45) is 0 Å². The summed E-state index contributed by atoms with van der Waals surface area (Å²) in [6.45, 7) is 1.88. The minimum absolute atomic E-state index is 0.256. The fourth-order valence-corrected chi connectivity index (χ4v) is 4.61. The van der Waals surface area contributed by atoms with Crippen molar-refractivity contribution in [3.63, 3.8) is 0 Å². The lowest BCUT2D eigenvalue weighted by molar-refractivity contribution is -0.137. The standard InChI is InChI=1S/C29H26F4N4O/c1-17(18-7-12-22(30)13-8-18)34-28-36-26(20-5-10-21(11-6-20)29(31,32)33)16-27(37-28)35-25-4-2-3-19-9-14-23(38)15-24(19)25/h2-8,10-13,16-17,23,38H,9,14-15H2,1H3,(H2,34,35,36,37)/t17-,23-/m0/s1. The van der Waals surface area contributed by atoms with Crippen molar-refractivity contribution >= 4 is 17.5 Å². The van der Waals surface area contributed by atoms with Crippen LogP contribution in [0.25, 0.3) is 11.3 Å². The summed E-state index contributed by atoms with van der Waals surface area (Å²) in [5.41, 5.74) is 3.95. The van der Waals surface area contributed by atoms with Crippen LogP contribution >= 0.6 is 0 Å². The highest BCUT2D eigenvalue weighted by molar-refractivity contribution is 5.70. The Bertz CT molecular complexity index is 1420. The van der Waals surface area contributed by atoms with Gasteiger partial charge < -0.3 is 15.7 Å². The molecule has 5 rings (SSSR count). The van der Waals surface area contributed by atoms with Gasteiger partial charge in [0.1, 0.15) is 11.6 Å². The molecule has 196 valence electrons. The average Bonchev–Trinajstić information content (AvgIpc) is 2.89. The van der Waals surface area contributed by atoms with E-state index in [4.69, 9.17) is 0 Å². The molecule has 38 heavy (non-hydrogen) atoms. The smallest absolute Gasteiger partial charge is 0.393 e. The second-order valence-electron chi connectivity index (χ2n) is 9.42. The van der Waals surface area contributed by atoms with Gasteiger partial charge in [-0.15, -0.1) is 0 Å². The van der Waals surface area contributed by atoms with Crippen LogP contribution in [0.5, 0.6) is 0 Å². The van der Waals surface area contributed by atoms with E-state index in [1.807, 2.05) is 25.1 Å². The first kappa shape index (κ1) is 25.7. The van der Waals surface area contributed by atoms with Gasteiger partial charge in [0, 0.05) is 23.7 Å². The molecule has 0 bridgehead atoms. The normalized spacial score (nSPS) is 16.0. The maximum Gasteiger partial charge on any atom is 0.416 e. The summed E-state index contributed by atoms with van der Waals surface area (Å²) >= 11 is 0. The van der Waals surface area contributed by atoms with Crippen molar-refractivity contribution in [1.29, 1.82) is 0 Å². The first-order valence-corrected chi connectivity index (χ1v) is 12.3. The van der Waals surface area contributed by atoms with E-state index in [0.29, 0.717) is 29.9 Å². The van der Waals surface area contributed by atoms with Gasteiger partial charge in [0.25, 0.3) is 0 Å². The Morgan fingerprint density at radius 1 is 0.974 bits per heavy atom. The molecule has 1 heterocycles. The first-order chi connectivity index (χ1) is 18.2. The third kappa shape index (κ3) is 5.78. The summed E-state index contributed by atoms with van der Waals surface area (Å²) in [4.78, 5) is 9.17. The van der Waals surface area contributed by atoms with Crippen LogP contribution < -0.4 is 10.6 Å². The Labute approximate surface area is 217 Å². The molecule has 0 saturated heterocycles. The van der Waals surface area contributed by atoms with E-state index in [9.17, 15) is 22.7 Å². The zero-order valence-corrected chi connectivity index (χ0v) is 20.6. The van der Waals surface area contributed by atoms with E-state index in [1.165, 1.54) is 24.3 Å². The number of anilines is 3. The fourth-order valence-electron chi connectivity index (χ4n) is 4.61. The highest BCUT2D eigenvalue weighted by Crippen LogP contribution is 2.33. The molecule has 0 spiro atoms. The molecule has 9 heteroatoms. The molecule has 0 radical (unpaired) electrons. The number of hydrogen-bond donors (Lipinski definition) is 3. The molecule has 2 atom stereocenters. The predicted molar refractivity (Wildman–Crippen MR) is 139 cm³/mol. The number of nitrogens with one attached hydrogen (secondary N) is 2. The Hall–Kier alpha value is -3.98. The van der Waals surface area contributed by atoms with Gasteiger partial charge in [-0.3, -0.25) is 0 Å². The Balaban J connectivity index is 1.51. The van der Waals surface area contributed by atoms with Crippen molar-refractivity contribution < 1.29 is 22.7 Å². The van der Waals surface area contributed by atoms with Gasteiger partial charge in [-0.2, -0.15) is 18.2 Å². The third-order valence-corrected chi connectivity index (χ3v) is 6.67. The molecule has 3 aromatic carbocycles. The molecule has 1 aliphatic rings. The lowest BCUT2D eigenvalue weighted by atomic mass is 9.88. The van der Waals surface area contributed by atoms with Gasteiger partial charge in [-0.1, -0.05) is 36.4 Å². The molecular formula is C29H26F4N4O. The maximum atomic E-state index is 13.4. The summed E-state index contributed by atoms with van der Waals surface area (Å²) in [6, 6.07) is 18.1. The Kier molecular flexibility index (Phi) is 7.03. The quantitative estimate of drug-likeness (QED) is 0.236. The molecule has 5 nitrogen and oxygen atoms in total. The number of aryl methyl sites for hydroxylation is 1. The second kappa shape index (κ2) is 10.4. The molecule has 4 aromatic rings.